The summed E-state index contributed by atoms with van der Waals surface area (Å²) in [5, 5.41) is 4.34. The molecule has 1 aromatic heterocycles. The first-order valence-corrected chi connectivity index (χ1v) is 9.54. The molecule has 1 amide bonds. The van der Waals surface area contributed by atoms with Crippen LogP contribution in [-0.4, -0.2) is 16.6 Å². The van der Waals surface area contributed by atoms with Gasteiger partial charge in [0, 0.05) is 29.7 Å². The zero-order valence-corrected chi connectivity index (χ0v) is 16.0. The molecule has 27 heavy (non-hydrogen) atoms. The number of carbonyl (C=O) groups is 1. The number of para-hydroxylation sites is 1. The molecule has 0 radical (unpaired) electrons. The van der Waals surface area contributed by atoms with E-state index in [2.05, 4.69) is 64.9 Å². The summed E-state index contributed by atoms with van der Waals surface area (Å²) in [7, 11) is 0. The Kier molecular flexibility index (Phi) is 4.72. The van der Waals surface area contributed by atoms with Gasteiger partial charge in [0.1, 0.15) is 0 Å². The third-order valence-electron chi connectivity index (χ3n) is 5.49. The van der Waals surface area contributed by atoms with E-state index in [9.17, 15) is 4.79 Å². The summed E-state index contributed by atoms with van der Waals surface area (Å²) < 4.78 is 2.34. The lowest BCUT2D eigenvalue weighted by atomic mass is 10.1. The second-order valence-corrected chi connectivity index (χ2v) is 7.27. The first-order valence-electron chi connectivity index (χ1n) is 9.54. The Labute approximate surface area is 159 Å². The first kappa shape index (κ1) is 17.8. The molecule has 5 nitrogen and oxygen atoms in total. The molecule has 1 aliphatic rings. The van der Waals surface area contributed by atoms with E-state index >= 15 is 0 Å². The van der Waals surface area contributed by atoms with Crippen molar-refractivity contribution in [3.8, 4) is 0 Å². The Hall–Kier alpha value is -2.63. The van der Waals surface area contributed by atoms with Gasteiger partial charge >= 0.3 is 0 Å². The normalized spacial score (nSPS) is 19.5. The highest BCUT2D eigenvalue weighted by Gasteiger charge is 2.29. The molecule has 2 atom stereocenters. The van der Waals surface area contributed by atoms with Crippen molar-refractivity contribution >= 4 is 16.8 Å². The smallest absolute Gasteiger partial charge is 0.252 e. The molecule has 0 saturated carbocycles. The average molecular weight is 362 g/mol. The molecule has 1 aliphatic heterocycles. The number of nitrogens with one attached hydrogen (secondary N) is 3. The number of fused-ring (bicyclic) bond motifs is 1. The fourth-order valence-electron chi connectivity index (χ4n) is 3.84. The van der Waals surface area contributed by atoms with E-state index in [1.54, 1.807) is 0 Å². The van der Waals surface area contributed by atoms with E-state index < -0.39 is 0 Å². The van der Waals surface area contributed by atoms with Crippen LogP contribution in [0.3, 0.4) is 0 Å². The quantitative estimate of drug-likeness (QED) is 0.665. The van der Waals surface area contributed by atoms with Gasteiger partial charge in [0.25, 0.3) is 5.91 Å². The third-order valence-corrected chi connectivity index (χ3v) is 5.49. The van der Waals surface area contributed by atoms with E-state index in [4.69, 9.17) is 0 Å². The largest absolute Gasteiger partial charge is 0.343 e. The van der Waals surface area contributed by atoms with Gasteiger partial charge in [-0.15, -0.1) is 0 Å². The molecule has 140 valence electrons. The molecule has 2 heterocycles. The zero-order chi connectivity index (χ0) is 19.0. The monoisotopic (exact) mass is 362 g/mol. The molecule has 4 rings (SSSR count). The highest BCUT2D eigenvalue weighted by atomic mass is 16.1. The Morgan fingerprint density at radius 1 is 1.11 bits per heavy atom. The van der Waals surface area contributed by atoms with Crippen LogP contribution >= 0.6 is 0 Å². The molecule has 1 saturated heterocycles. The lowest BCUT2D eigenvalue weighted by Gasteiger charge is -2.14. The van der Waals surface area contributed by atoms with Gasteiger partial charge in [-0.25, -0.2) is 10.9 Å². The second-order valence-electron chi connectivity index (χ2n) is 7.27. The van der Waals surface area contributed by atoms with E-state index in [1.165, 1.54) is 22.2 Å². The highest BCUT2D eigenvalue weighted by molar-refractivity contribution is 5.94. The lowest BCUT2D eigenvalue weighted by molar-refractivity contribution is 0.0932. The molecule has 0 spiro atoms. The van der Waals surface area contributed by atoms with Crippen LogP contribution in [0.5, 0.6) is 0 Å². The summed E-state index contributed by atoms with van der Waals surface area (Å²) in [4.78, 5) is 12.6. The van der Waals surface area contributed by atoms with Gasteiger partial charge in [0.15, 0.2) is 0 Å². The number of aromatic nitrogens is 1. The SMILES string of the molecule is CCn1c(C2CC(NC(=O)c3ccc(C)c(C)c3)NN2)cc2ccccc21. The minimum atomic E-state index is -0.104. The summed E-state index contributed by atoms with van der Waals surface area (Å²) in [6.45, 7) is 7.16. The molecule has 3 N–H and O–H groups in total. The van der Waals surface area contributed by atoms with Crippen LogP contribution in [0.25, 0.3) is 10.9 Å². The van der Waals surface area contributed by atoms with Crippen LogP contribution < -0.4 is 16.2 Å². The van der Waals surface area contributed by atoms with Crippen molar-refractivity contribution in [1.82, 2.24) is 20.7 Å². The lowest BCUT2D eigenvalue weighted by Crippen LogP contribution is -2.44. The molecule has 2 aromatic carbocycles. The van der Waals surface area contributed by atoms with Gasteiger partial charge in [-0.3, -0.25) is 4.79 Å². The molecule has 5 heteroatoms. The van der Waals surface area contributed by atoms with Gasteiger partial charge in [-0.2, -0.15) is 0 Å². The summed E-state index contributed by atoms with van der Waals surface area (Å²) in [5.41, 5.74) is 12.1. The van der Waals surface area contributed by atoms with Crippen molar-refractivity contribution in [1.29, 1.82) is 0 Å². The Balaban J connectivity index is 1.49. The number of hydrogen-bond acceptors (Lipinski definition) is 3. The van der Waals surface area contributed by atoms with E-state index in [-0.39, 0.29) is 18.1 Å². The van der Waals surface area contributed by atoms with Crippen LogP contribution in [0.2, 0.25) is 0 Å². The van der Waals surface area contributed by atoms with Crippen LogP contribution in [-0.2, 0) is 6.54 Å². The maximum Gasteiger partial charge on any atom is 0.252 e. The van der Waals surface area contributed by atoms with E-state index in [1.807, 2.05) is 25.1 Å². The van der Waals surface area contributed by atoms with Crippen LogP contribution in [0.15, 0.2) is 48.5 Å². The number of benzene rings is 2. The molecular formula is C22H26N4O. The van der Waals surface area contributed by atoms with Crippen LogP contribution in [0.4, 0.5) is 0 Å². The standard InChI is InChI=1S/C22H26N4O/c1-4-26-19-8-6-5-7-16(19)12-20(26)18-13-21(25-24-18)23-22(27)17-10-9-14(2)15(3)11-17/h5-12,18,21,24-25H,4,13H2,1-3H3,(H,23,27). The van der Waals surface area contributed by atoms with Crippen molar-refractivity contribution in [2.24, 2.45) is 0 Å². The Morgan fingerprint density at radius 3 is 2.70 bits per heavy atom. The first-order chi connectivity index (χ1) is 13.1. The Bertz CT molecular complexity index is 991. The minimum absolute atomic E-state index is 0.0471. The molecular weight excluding hydrogens is 336 g/mol. The predicted octanol–water partition coefficient (Wildman–Crippen LogP) is 3.57. The van der Waals surface area contributed by atoms with E-state index in [0.717, 1.165) is 18.5 Å². The number of hydrazine groups is 1. The Morgan fingerprint density at radius 2 is 1.93 bits per heavy atom. The molecule has 3 aromatic rings. The fourth-order valence-corrected chi connectivity index (χ4v) is 3.84. The summed E-state index contributed by atoms with van der Waals surface area (Å²) in [5.74, 6) is -0.0471. The van der Waals surface area contributed by atoms with Gasteiger partial charge in [0.2, 0.25) is 0 Å². The van der Waals surface area contributed by atoms with Crippen molar-refractivity contribution in [3.05, 3.63) is 70.9 Å². The number of carbonyl (C=O) groups excluding carboxylic acids is 1. The van der Waals surface area contributed by atoms with Gasteiger partial charge in [-0.1, -0.05) is 24.3 Å². The number of amides is 1. The summed E-state index contributed by atoms with van der Waals surface area (Å²) in [6.07, 6.45) is 0.694. The number of aryl methyl sites for hydroxylation is 3. The number of hydrogen-bond donors (Lipinski definition) is 3. The van der Waals surface area contributed by atoms with Gasteiger partial charge in [0.05, 0.1) is 12.2 Å². The summed E-state index contributed by atoms with van der Waals surface area (Å²) >= 11 is 0. The topological polar surface area (TPSA) is 58.1 Å². The maximum absolute atomic E-state index is 12.6. The number of nitrogens with zero attached hydrogens (tertiary/aromatic N) is 1. The second kappa shape index (κ2) is 7.18. The van der Waals surface area contributed by atoms with Crippen molar-refractivity contribution < 1.29 is 4.79 Å². The third kappa shape index (κ3) is 3.36. The highest BCUT2D eigenvalue weighted by Crippen LogP contribution is 2.28. The molecule has 1 fully saturated rings. The van der Waals surface area contributed by atoms with Crippen molar-refractivity contribution in [3.63, 3.8) is 0 Å². The number of rotatable bonds is 4. The fraction of sp³-hybridized carbons (Fsp3) is 0.318. The molecule has 2 unspecified atom stereocenters. The zero-order valence-electron chi connectivity index (χ0n) is 16.0. The predicted molar refractivity (Wildman–Crippen MR) is 108 cm³/mol. The molecule has 0 aliphatic carbocycles. The average Bonchev–Trinajstić information content (AvgIpc) is 3.27. The van der Waals surface area contributed by atoms with Gasteiger partial charge in [-0.05, 0) is 61.5 Å². The van der Waals surface area contributed by atoms with Crippen LogP contribution in [0.1, 0.15) is 46.6 Å². The maximum atomic E-state index is 12.6. The summed E-state index contributed by atoms with van der Waals surface area (Å²) in [6, 6.07) is 16.7. The van der Waals surface area contributed by atoms with Crippen LogP contribution in [0, 0.1) is 13.8 Å². The molecule has 0 bridgehead atoms. The van der Waals surface area contributed by atoms with Crippen molar-refractivity contribution in [2.75, 3.05) is 0 Å². The van der Waals surface area contributed by atoms with E-state index in [0.29, 0.717) is 5.56 Å². The van der Waals surface area contributed by atoms with Crippen molar-refractivity contribution in [2.45, 2.75) is 45.9 Å². The minimum Gasteiger partial charge on any atom is -0.343 e. The van der Waals surface area contributed by atoms with Gasteiger partial charge < -0.3 is 9.88 Å².